The molecule has 3 rings (SSSR count). The molecule has 2 aromatic heterocycles. The van der Waals surface area contributed by atoms with Crippen LogP contribution < -0.4 is 5.73 Å². The number of aryl methyl sites for hydroxylation is 1. The van der Waals surface area contributed by atoms with Gasteiger partial charge in [-0.3, -0.25) is 0 Å². The second-order valence-corrected chi connectivity index (χ2v) is 4.15. The van der Waals surface area contributed by atoms with Crippen LogP contribution in [0.25, 0.3) is 11.2 Å². The fourth-order valence-electron chi connectivity index (χ4n) is 2.02. The van der Waals surface area contributed by atoms with Crippen molar-refractivity contribution in [1.82, 2.24) is 14.5 Å². The molecular formula is C11H14N4. The standard InChI is InChI=1S/C11H14N4/c1-15-10(7-2-3-7)14-9-8(6-12)4-5-13-11(9)15/h4-5,7H,2-3,6,12H2,1H3. The highest BCUT2D eigenvalue weighted by Crippen LogP contribution is 2.40. The first-order valence-electron chi connectivity index (χ1n) is 5.31. The maximum atomic E-state index is 5.69. The number of hydrogen-bond donors (Lipinski definition) is 1. The van der Waals surface area contributed by atoms with Gasteiger partial charge in [0.05, 0.1) is 0 Å². The predicted octanol–water partition coefficient (Wildman–Crippen LogP) is 1.30. The Morgan fingerprint density at radius 2 is 2.33 bits per heavy atom. The van der Waals surface area contributed by atoms with Gasteiger partial charge in [0.1, 0.15) is 11.3 Å². The van der Waals surface area contributed by atoms with Crippen molar-refractivity contribution >= 4 is 11.2 Å². The zero-order valence-electron chi connectivity index (χ0n) is 8.77. The van der Waals surface area contributed by atoms with Gasteiger partial charge in [0, 0.05) is 25.7 Å². The molecule has 78 valence electrons. The molecule has 4 heteroatoms. The normalized spacial score (nSPS) is 16.1. The molecule has 1 fully saturated rings. The van der Waals surface area contributed by atoms with Gasteiger partial charge >= 0.3 is 0 Å². The van der Waals surface area contributed by atoms with Crippen LogP contribution in [0.2, 0.25) is 0 Å². The second kappa shape index (κ2) is 3.03. The molecule has 0 aliphatic heterocycles. The average molecular weight is 202 g/mol. The molecule has 1 saturated carbocycles. The Morgan fingerprint density at radius 1 is 1.53 bits per heavy atom. The first kappa shape index (κ1) is 8.85. The van der Waals surface area contributed by atoms with Crippen LogP contribution in [0.4, 0.5) is 0 Å². The SMILES string of the molecule is Cn1c(C2CC2)nc2c(CN)ccnc21. The van der Waals surface area contributed by atoms with Gasteiger partial charge in [-0.15, -0.1) is 0 Å². The van der Waals surface area contributed by atoms with E-state index in [-0.39, 0.29) is 0 Å². The number of imidazole rings is 1. The van der Waals surface area contributed by atoms with Crippen molar-refractivity contribution in [3.8, 4) is 0 Å². The summed E-state index contributed by atoms with van der Waals surface area (Å²) in [5.74, 6) is 1.81. The summed E-state index contributed by atoms with van der Waals surface area (Å²) in [5, 5.41) is 0. The lowest BCUT2D eigenvalue weighted by Crippen LogP contribution is -1.98. The minimum Gasteiger partial charge on any atom is -0.326 e. The number of pyridine rings is 1. The molecule has 2 aromatic rings. The summed E-state index contributed by atoms with van der Waals surface area (Å²) in [6, 6.07) is 1.95. The van der Waals surface area contributed by atoms with E-state index >= 15 is 0 Å². The third-order valence-electron chi connectivity index (χ3n) is 3.04. The van der Waals surface area contributed by atoms with Gasteiger partial charge in [0.15, 0.2) is 5.65 Å². The topological polar surface area (TPSA) is 56.7 Å². The van der Waals surface area contributed by atoms with Crippen LogP contribution in [0.5, 0.6) is 0 Å². The lowest BCUT2D eigenvalue weighted by molar-refractivity contribution is 0.812. The van der Waals surface area contributed by atoms with E-state index in [1.807, 2.05) is 19.3 Å². The van der Waals surface area contributed by atoms with Crippen molar-refractivity contribution in [3.63, 3.8) is 0 Å². The first-order chi connectivity index (χ1) is 7.31. The minimum atomic E-state index is 0.528. The predicted molar refractivity (Wildman–Crippen MR) is 58.4 cm³/mol. The fourth-order valence-corrected chi connectivity index (χ4v) is 2.02. The summed E-state index contributed by atoms with van der Waals surface area (Å²) in [5.41, 5.74) is 8.71. The van der Waals surface area contributed by atoms with Crippen LogP contribution in [0.3, 0.4) is 0 Å². The molecule has 4 nitrogen and oxygen atoms in total. The molecule has 0 aromatic carbocycles. The molecule has 0 spiro atoms. The molecule has 0 unspecified atom stereocenters. The fraction of sp³-hybridized carbons (Fsp3) is 0.455. The highest BCUT2D eigenvalue weighted by molar-refractivity contribution is 5.75. The smallest absolute Gasteiger partial charge is 0.160 e. The van der Waals surface area contributed by atoms with Gasteiger partial charge in [-0.1, -0.05) is 0 Å². The van der Waals surface area contributed by atoms with Gasteiger partial charge < -0.3 is 10.3 Å². The van der Waals surface area contributed by atoms with E-state index in [0.717, 1.165) is 16.7 Å². The number of rotatable bonds is 2. The molecule has 0 amide bonds. The molecule has 0 bridgehead atoms. The number of nitrogens with two attached hydrogens (primary N) is 1. The van der Waals surface area contributed by atoms with Crippen molar-refractivity contribution in [1.29, 1.82) is 0 Å². The van der Waals surface area contributed by atoms with Crippen molar-refractivity contribution < 1.29 is 0 Å². The Kier molecular flexibility index (Phi) is 1.79. The van der Waals surface area contributed by atoms with Gasteiger partial charge in [0.2, 0.25) is 0 Å². The third kappa shape index (κ3) is 1.25. The molecule has 0 saturated heterocycles. The van der Waals surface area contributed by atoms with Gasteiger partial charge in [0.25, 0.3) is 0 Å². The van der Waals surface area contributed by atoms with E-state index in [4.69, 9.17) is 5.73 Å². The van der Waals surface area contributed by atoms with Crippen LogP contribution in [-0.2, 0) is 13.6 Å². The Hall–Kier alpha value is -1.42. The molecule has 15 heavy (non-hydrogen) atoms. The molecule has 1 aliphatic carbocycles. The molecule has 1 aliphatic rings. The maximum Gasteiger partial charge on any atom is 0.160 e. The van der Waals surface area contributed by atoms with Crippen LogP contribution >= 0.6 is 0 Å². The Bertz CT molecular complexity index is 511. The van der Waals surface area contributed by atoms with Crippen molar-refractivity contribution in [2.24, 2.45) is 12.8 Å². The van der Waals surface area contributed by atoms with Gasteiger partial charge in [-0.05, 0) is 24.5 Å². The van der Waals surface area contributed by atoms with Crippen molar-refractivity contribution in [3.05, 3.63) is 23.7 Å². The number of hydrogen-bond acceptors (Lipinski definition) is 3. The summed E-state index contributed by atoms with van der Waals surface area (Å²) in [7, 11) is 2.04. The number of aromatic nitrogens is 3. The quantitative estimate of drug-likeness (QED) is 0.798. The summed E-state index contributed by atoms with van der Waals surface area (Å²) in [4.78, 5) is 9.03. The van der Waals surface area contributed by atoms with Crippen LogP contribution in [0.1, 0.15) is 30.1 Å². The van der Waals surface area contributed by atoms with E-state index < -0.39 is 0 Å². The molecular weight excluding hydrogens is 188 g/mol. The van der Waals surface area contributed by atoms with Crippen molar-refractivity contribution in [2.45, 2.75) is 25.3 Å². The van der Waals surface area contributed by atoms with Crippen LogP contribution in [-0.4, -0.2) is 14.5 Å². The third-order valence-corrected chi connectivity index (χ3v) is 3.04. The Labute approximate surface area is 88.1 Å². The Balaban J connectivity index is 2.28. The molecule has 0 atom stereocenters. The molecule has 2 heterocycles. The number of nitrogens with zero attached hydrogens (tertiary/aromatic N) is 3. The lowest BCUT2D eigenvalue weighted by atomic mass is 10.2. The summed E-state index contributed by atoms with van der Waals surface area (Å²) in [6.45, 7) is 0.528. The van der Waals surface area contributed by atoms with E-state index in [0.29, 0.717) is 12.5 Å². The van der Waals surface area contributed by atoms with E-state index in [9.17, 15) is 0 Å². The largest absolute Gasteiger partial charge is 0.326 e. The van der Waals surface area contributed by atoms with E-state index in [1.54, 1.807) is 0 Å². The average Bonchev–Trinajstić information content (AvgIpc) is 3.04. The Morgan fingerprint density at radius 3 is 3.00 bits per heavy atom. The van der Waals surface area contributed by atoms with E-state index in [1.165, 1.54) is 18.7 Å². The minimum absolute atomic E-state index is 0.528. The van der Waals surface area contributed by atoms with E-state index in [2.05, 4.69) is 14.5 Å². The molecule has 2 N–H and O–H groups in total. The zero-order valence-corrected chi connectivity index (χ0v) is 8.77. The molecule has 0 radical (unpaired) electrons. The van der Waals surface area contributed by atoms with Crippen molar-refractivity contribution in [2.75, 3.05) is 0 Å². The summed E-state index contributed by atoms with van der Waals surface area (Å²) >= 11 is 0. The summed E-state index contributed by atoms with van der Waals surface area (Å²) < 4.78 is 2.10. The number of fused-ring (bicyclic) bond motifs is 1. The lowest BCUT2D eigenvalue weighted by Gasteiger charge is -1.98. The highest BCUT2D eigenvalue weighted by atomic mass is 15.1. The first-order valence-corrected chi connectivity index (χ1v) is 5.31. The monoisotopic (exact) mass is 202 g/mol. The van der Waals surface area contributed by atoms with Crippen LogP contribution in [0, 0.1) is 0 Å². The summed E-state index contributed by atoms with van der Waals surface area (Å²) in [6.07, 6.45) is 4.33. The second-order valence-electron chi connectivity index (χ2n) is 4.15. The highest BCUT2D eigenvalue weighted by Gasteiger charge is 2.29. The maximum absolute atomic E-state index is 5.69. The zero-order chi connectivity index (χ0) is 10.4. The van der Waals surface area contributed by atoms with Crippen LogP contribution in [0.15, 0.2) is 12.3 Å². The van der Waals surface area contributed by atoms with Gasteiger partial charge in [-0.2, -0.15) is 0 Å². The van der Waals surface area contributed by atoms with Gasteiger partial charge in [-0.25, -0.2) is 9.97 Å².